The maximum atomic E-state index is 12.3. The van der Waals surface area contributed by atoms with Gasteiger partial charge in [-0.15, -0.1) is 0 Å². The number of aryl methyl sites for hydroxylation is 1. The Morgan fingerprint density at radius 1 is 1.15 bits per heavy atom. The van der Waals surface area contributed by atoms with Gasteiger partial charge >= 0.3 is 5.97 Å². The Hall–Kier alpha value is -2.93. The number of hydrogen-bond acceptors (Lipinski definition) is 4. The predicted molar refractivity (Wildman–Crippen MR) is 106 cm³/mol. The monoisotopic (exact) mass is 427 g/mol. The number of benzene rings is 2. The summed E-state index contributed by atoms with van der Waals surface area (Å²) in [4.78, 5) is 24.4. The third kappa shape index (κ3) is 4.43. The first-order valence-corrected chi connectivity index (χ1v) is 9.08. The first-order valence-electron chi connectivity index (χ1n) is 8.29. The minimum absolute atomic E-state index is 0.325. The van der Waals surface area contributed by atoms with E-state index >= 15 is 0 Å². The maximum absolute atomic E-state index is 12.3. The molecule has 0 spiro atoms. The Balaban J connectivity index is 1.63. The van der Waals surface area contributed by atoms with Crippen LogP contribution in [0, 0.1) is 13.8 Å². The summed E-state index contributed by atoms with van der Waals surface area (Å²) in [7, 11) is 0. The van der Waals surface area contributed by atoms with Crippen molar-refractivity contribution in [2.75, 3.05) is 11.9 Å². The SMILES string of the molecule is Cc1cc(Br)ccc1NC(=O)COC(=O)c1cnn(-c2ccccc2)c1C. The molecule has 27 heavy (non-hydrogen) atoms. The van der Waals surface area contributed by atoms with Crippen molar-refractivity contribution < 1.29 is 14.3 Å². The zero-order chi connectivity index (χ0) is 19.4. The van der Waals surface area contributed by atoms with Crippen molar-refractivity contribution in [3.05, 3.63) is 76.0 Å². The molecular formula is C20H18BrN3O3. The number of anilines is 1. The second-order valence-electron chi connectivity index (χ2n) is 5.97. The molecule has 0 saturated carbocycles. The van der Waals surface area contributed by atoms with Crippen LogP contribution in [0.25, 0.3) is 5.69 Å². The third-order valence-corrected chi connectivity index (χ3v) is 4.52. The Labute approximate surface area is 165 Å². The highest BCUT2D eigenvalue weighted by Crippen LogP contribution is 2.20. The summed E-state index contributed by atoms with van der Waals surface area (Å²) in [6, 6.07) is 15.0. The summed E-state index contributed by atoms with van der Waals surface area (Å²) in [6.45, 7) is 3.29. The van der Waals surface area contributed by atoms with Crippen LogP contribution in [0.2, 0.25) is 0 Å². The number of carbonyl (C=O) groups is 2. The molecule has 0 fully saturated rings. The molecule has 1 N–H and O–H groups in total. The van der Waals surface area contributed by atoms with Gasteiger partial charge in [0.2, 0.25) is 0 Å². The van der Waals surface area contributed by atoms with E-state index in [2.05, 4.69) is 26.3 Å². The lowest BCUT2D eigenvalue weighted by Gasteiger charge is -2.09. The Bertz CT molecular complexity index is 983. The lowest BCUT2D eigenvalue weighted by molar-refractivity contribution is -0.119. The number of hydrogen-bond donors (Lipinski definition) is 1. The first kappa shape index (κ1) is 18.8. The third-order valence-electron chi connectivity index (χ3n) is 4.03. The van der Waals surface area contributed by atoms with Crippen LogP contribution in [0.4, 0.5) is 5.69 Å². The number of para-hydroxylation sites is 1. The fourth-order valence-corrected chi connectivity index (χ4v) is 3.08. The van der Waals surface area contributed by atoms with Gasteiger partial charge in [0, 0.05) is 10.2 Å². The minimum Gasteiger partial charge on any atom is -0.452 e. The second-order valence-corrected chi connectivity index (χ2v) is 6.89. The van der Waals surface area contributed by atoms with Crippen LogP contribution in [0.15, 0.2) is 59.2 Å². The van der Waals surface area contributed by atoms with Gasteiger partial charge in [-0.25, -0.2) is 9.48 Å². The first-order chi connectivity index (χ1) is 13.0. The van der Waals surface area contributed by atoms with Crippen molar-refractivity contribution in [2.24, 2.45) is 0 Å². The highest BCUT2D eigenvalue weighted by atomic mass is 79.9. The lowest BCUT2D eigenvalue weighted by Crippen LogP contribution is -2.21. The van der Waals surface area contributed by atoms with Gasteiger partial charge in [0.15, 0.2) is 6.61 Å². The molecule has 1 heterocycles. The van der Waals surface area contributed by atoms with Crippen molar-refractivity contribution >= 4 is 33.5 Å². The highest BCUT2D eigenvalue weighted by molar-refractivity contribution is 9.10. The van der Waals surface area contributed by atoms with Gasteiger partial charge in [-0.1, -0.05) is 34.1 Å². The van der Waals surface area contributed by atoms with Gasteiger partial charge in [-0.3, -0.25) is 4.79 Å². The fourth-order valence-electron chi connectivity index (χ4n) is 2.60. The average molecular weight is 428 g/mol. The number of nitrogens with one attached hydrogen (secondary N) is 1. The molecule has 6 nitrogen and oxygen atoms in total. The van der Waals surface area contributed by atoms with Gasteiger partial charge in [0.05, 0.1) is 17.6 Å². The second kappa shape index (κ2) is 8.18. The molecule has 2 aromatic carbocycles. The van der Waals surface area contributed by atoms with E-state index in [-0.39, 0.29) is 6.61 Å². The van der Waals surface area contributed by atoms with E-state index in [1.807, 2.05) is 49.4 Å². The largest absolute Gasteiger partial charge is 0.452 e. The van der Waals surface area contributed by atoms with Gasteiger partial charge in [0.25, 0.3) is 5.91 Å². The van der Waals surface area contributed by atoms with Gasteiger partial charge < -0.3 is 10.1 Å². The maximum Gasteiger partial charge on any atom is 0.342 e. The molecule has 0 saturated heterocycles. The number of carbonyl (C=O) groups excluding carboxylic acids is 2. The number of nitrogens with zero attached hydrogens (tertiary/aromatic N) is 2. The summed E-state index contributed by atoms with van der Waals surface area (Å²) < 4.78 is 7.72. The molecule has 3 rings (SSSR count). The van der Waals surface area contributed by atoms with Crippen LogP contribution in [-0.4, -0.2) is 28.3 Å². The summed E-state index contributed by atoms with van der Waals surface area (Å²) in [5.41, 5.74) is 3.40. The summed E-state index contributed by atoms with van der Waals surface area (Å²) >= 11 is 3.37. The number of rotatable bonds is 5. The topological polar surface area (TPSA) is 73.2 Å². The molecule has 0 bridgehead atoms. The Morgan fingerprint density at radius 2 is 1.89 bits per heavy atom. The minimum atomic E-state index is -0.586. The molecule has 0 radical (unpaired) electrons. The van der Waals surface area contributed by atoms with Crippen molar-refractivity contribution in [1.29, 1.82) is 0 Å². The molecule has 138 valence electrons. The Morgan fingerprint density at radius 3 is 2.59 bits per heavy atom. The Kier molecular flexibility index (Phi) is 5.71. The van der Waals surface area contributed by atoms with Gasteiger partial charge in [-0.05, 0) is 49.7 Å². The van der Waals surface area contributed by atoms with E-state index in [4.69, 9.17) is 4.74 Å². The summed E-state index contributed by atoms with van der Waals surface area (Å²) in [5.74, 6) is -0.987. The van der Waals surface area contributed by atoms with Crippen LogP contribution in [0.3, 0.4) is 0 Å². The summed E-state index contributed by atoms with van der Waals surface area (Å²) in [5, 5.41) is 6.96. The average Bonchev–Trinajstić information content (AvgIpc) is 3.04. The molecule has 0 aliphatic heterocycles. The van der Waals surface area contributed by atoms with Crippen LogP contribution in [-0.2, 0) is 9.53 Å². The number of amides is 1. The molecule has 0 aliphatic carbocycles. The predicted octanol–water partition coefficient (Wildman–Crippen LogP) is 4.05. The van der Waals surface area contributed by atoms with Crippen molar-refractivity contribution in [3.63, 3.8) is 0 Å². The molecular weight excluding hydrogens is 410 g/mol. The zero-order valence-corrected chi connectivity index (χ0v) is 16.5. The molecule has 0 atom stereocenters. The molecule has 0 unspecified atom stereocenters. The van der Waals surface area contributed by atoms with Gasteiger partial charge in [-0.2, -0.15) is 5.10 Å². The van der Waals surface area contributed by atoms with Gasteiger partial charge in [0.1, 0.15) is 5.56 Å². The number of halogens is 1. The van der Waals surface area contributed by atoms with E-state index in [0.717, 1.165) is 15.7 Å². The number of ether oxygens (including phenoxy) is 1. The van der Waals surface area contributed by atoms with E-state index < -0.39 is 11.9 Å². The van der Waals surface area contributed by atoms with Crippen LogP contribution < -0.4 is 5.32 Å². The molecule has 1 amide bonds. The lowest BCUT2D eigenvalue weighted by atomic mass is 10.2. The molecule has 3 aromatic rings. The molecule has 0 aliphatic rings. The normalized spacial score (nSPS) is 10.5. The van der Waals surface area contributed by atoms with E-state index in [9.17, 15) is 9.59 Å². The van der Waals surface area contributed by atoms with Crippen molar-refractivity contribution in [3.8, 4) is 5.69 Å². The smallest absolute Gasteiger partial charge is 0.342 e. The number of esters is 1. The van der Waals surface area contributed by atoms with Crippen LogP contribution in [0.5, 0.6) is 0 Å². The summed E-state index contributed by atoms with van der Waals surface area (Å²) in [6.07, 6.45) is 1.45. The molecule has 1 aromatic heterocycles. The van der Waals surface area contributed by atoms with Crippen molar-refractivity contribution in [2.45, 2.75) is 13.8 Å². The fraction of sp³-hybridized carbons (Fsp3) is 0.150. The quantitative estimate of drug-likeness (QED) is 0.623. The van der Waals surface area contributed by atoms with Crippen LogP contribution in [0.1, 0.15) is 21.6 Å². The number of aromatic nitrogens is 2. The standard InChI is InChI=1S/C20H18BrN3O3/c1-13-10-15(21)8-9-18(13)23-19(25)12-27-20(26)17-11-22-24(14(17)2)16-6-4-3-5-7-16/h3-11H,12H2,1-2H3,(H,23,25). The zero-order valence-electron chi connectivity index (χ0n) is 14.9. The van der Waals surface area contributed by atoms with Crippen molar-refractivity contribution in [1.82, 2.24) is 9.78 Å². The van der Waals surface area contributed by atoms with E-state index in [1.165, 1.54) is 6.20 Å². The highest BCUT2D eigenvalue weighted by Gasteiger charge is 2.18. The van der Waals surface area contributed by atoms with E-state index in [0.29, 0.717) is 16.9 Å². The molecule has 7 heteroatoms. The van der Waals surface area contributed by atoms with E-state index in [1.54, 1.807) is 17.7 Å². The van der Waals surface area contributed by atoms with Crippen LogP contribution >= 0.6 is 15.9 Å².